The third-order valence-corrected chi connectivity index (χ3v) is 4.47. The molecule has 1 heterocycles. The Bertz CT molecular complexity index is 1270. The van der Waals surface area contributed by atoms with Crippen LogP contribution >= 0.6 is 0 Å². The van der Waals surface area contributed by atoms with Gasteiger partial charge in [0.05, 0.1) is 22.1 Å². The number of nitro groups is 2. The molecule has 4 rings (SSSR count). The molecule has 3 aromatic carbocycles. The Kier molecular flexibility index (Phi) is 5.80. The van der Waals surface area contributed by atoms with Crippen molar-refractivity contribution in [2.24, 2.45) is 5.10 Å². The number of benzene rings is 3. The number of non-ortho nitro benzene ring substituents is 1. The van der Waals surface area contributed by atoms with Crippen LogP contribution in [0.5, 0.6) is 23.0 Å². The second-order valence-electron chi connectivity index (χ2n) is 6.60. The van der Waals surface area contributed by atoms with Gasteiger partial charge in [0.1, 0.15) is 5.75 Å². The van der Waals surface area contributed by atoms with Gasteiger partial charge in [-0.2, -0.15) is 5.10 Å². The summed E-state index contributed by atoms with van der Waals surface area (Å²) in [4.78, 5) is 32.8. The summed E-state index contributed by atoms with van der Waals surface area (Å²) >= 11 is 0. The van der Waals surface area contributed by atoms with Gasteiger partial charge >= 0.3 is 5.69 Å². The molecule has 1 aliphatic rings. The standard InChI is InChI=1S/C21H14N4O8/c26-21(14-3-7-19-20(9-14)32-12-31-19)23-22-11-13-1-5-16(6-2-13)33-18-8-4-15(24(27)28)10-17(18)25(29)30/h1-11H,12H2,(H,23,26)/b22-11-. The number of fused-ring (bicyclic) bond motifs is 1. The highest BCUT2D eigenvalue weighted by atomic mass is 16.7. The van der Waals surface area contributed by atoms with Gasteiger partial charge in [-0.15, -0.1) is 0 Å². The van der Waals surface area contributed by atoms with Gasteiger partial charge in [-0.25, -0.2) is 5.43 Å². The molecule has 0 atom stereocenters. The second-order valence-corrected chi connectivity index (χ2v) is 6.60. The molecular formula is C21H14N4O8. The second kappa shape index (κ2) is 9.01. The van der Waals surface area contributed by atoms with Crippen LogP contribution in [0.2, 0.25) is 0 Å². The first-order valence-corrected chi connectivity index (χ1v) is 9.34. The lowest BCUT2D eigenvalue weighted by Crippen LogP contribution is -2.17. The number of carbonyl (C=O) groups is 1. The predicted octanol–water partition coefficient (Wildman–Crippen LogP) is 3.79. The van der Waals surface area contributed by atoms with Gasteiger partial charge in [0.2, 0.25) is 12.5 Å². The van der Waals surface area contributed by atoms with Crippen molar-refractivity contribution in [3.05, 3.63) is 92.0 Å². The number of hydrogen-bond acceptors (Lipinski definition) is 9. The number of ether oxygens (including phenoxy) is 3. The highest BCUT2D eigenvalue weighted by molar-refractivity contribution is 5.95. The fourth-order valence-corrected chi connectivity index (χ4v) is 2.86. The van der Waals surface area contributed by atoms with Gasteiger partial charge in [0.25, 0.3) is 11.6 Å². The zero-order valence-electron chi connectivity index (χ0n) is 16.7. The van der Waals surface area contributed by atoms with Gasteiger partial charge in [-0.05, 0) is 54.1 Å². The minimum absolute atomic E-state index is 0.107. The SMILES string of the molecule is O=C(N/N=C\c1ccc(Oc2ccc([N+](=O)[O-])cc2[N+](=O)[O-])cc1)c1ccc2c(c1)OCO2. The Labute approximate surface area is 185 Å². The van der Waals surface area contributed by atoms with Crippen molar-refractivity contribution in [3.8, 4) is 23.0 Å². The number of nitrogens with zero attached hydrogens (tertiary/aromatic N) is 3. The van der Waals surface area contributed by atoms with Crippen molar-refractivity contribution in [1.82, 2.24) is 5.43 Å². The molecule has 0 fully saturated rings. The fourth-order valence-electron chi connectivity index (χ4n) is 2.86. The van der Waals surface area contributed by atoms with Gasteiger partial charge in [-0.3, -0.25) is 25.0 Å². The molecule has 0 saturated heterocycles. The minimum Gasteiger partial charge on any atom is -0.454 e. The Hall–Kier alpha value is -5.00. The number of hydrazone groups is 1. The van der Waals surface area contributed by atoms with E-state index in [1.165, 1.54) is 18.3 Å². The number of nitrogens with one attached hydrogen (secondary N) is 1. The minimum atomic E-state index is -0.758. The normalized spacial score (nSPS) is 11.9. The highest BCUT2D eigenvalue weighted by Gasteiger charge is 2.21. The van der Waals surface area contributed by atoms with Crippen molar-refractivity contribution in [2.75, 3.05) is 6.79 Å². The van der Waals surface area contributed by atoms with Crippen LogP contribution in [0.3, 0.4) is 0 Å². The molecule has 0 aliphatic carbocycles. The van der Waals surface area contributed by atoms with E-state index in [1.807, 2.05) is 0 Å². The van der Waals surface area contributed by atoms with Crippen LogP contribution in [0.1, 0.15) is 15.9 Å². The zero-order valence-corrected chi connectivity index (χ0v) is 16.7. The number of hydrogen-bond donors (Lipinski definition) is 1. The monoisotopic (exact) mass is 450 g/mol. The molecule has 12 heteroatoms. The Morgan fingerprint density at radius 3 is 2.45 bits per heavy atom. The van der Waals surface area contributed by atoms with Gasteiger partial charge in [-0.1, -0.05) is 0 Å². The first-order chi connectivity index (χ1) is 15.9. The van der Waals surface area contributed by atoms with Gasteiger partial charge in [0.15, 0.2) is 11.5 Å². The van der Waals surface area contributed by atoms with Crippen molar-refractivity contribution in [1.29, 1.82) is 0 Å². The molecule has 33 heavy (non-hydrogen) atoms. The third kappa shape index (κ3) is 4.85. The molecule has 1 N–H and O–H groups in total. The van der Waals surface area contributed by atoms with E-state index in [-0.39, 0.29) is 18.3 Å². The average Bonchev–Trinajstić information content (AvgIpc) is 3.28. The quantitative estimate of drug-likeness (QED) is 0.324. The summed E-state index contributed by atoms with van der Waals surface area (Å²) in [5, 5.41) is 25.9. The van der Waals surface area contributed by atoms with E-state index in [9.17, 15) is 25.0 Å². The topological polar surface area (TPSA) is 155 Å². The van der Waals surface area contributed by atoms with E-state index in [4.69, 9.17) is 14.2 Å². The molecule has 0 unspecified atom stereocenters. The lowest BCUT2D eigenvalue weighted by atomic mass is 10.2. The Morgan fingerprint density at radius 1 is 0.970 bits per heavy atom. The highest BCUT2D eigenvalue weighted by Crippen LogP contribution is 2.34. The van der Waals surface area contributed by atoms with Crippen LogP contribution < -0.4 is 19.6 Å². The summed E-state index contributed by atoms with van der Waals surface area (Å²) < 4.78 is 15.9. The molecule has 0 bridgehead atoms. The van der Waals surface area contributed by atoms with Crippen LogP contribution in [-0.4, -0.2) is 28.8 Å². The van der Waals surface area contributed by atoms with Crippen LogP contribution in [0.15, 0.2) is 65.8 Å². The number of rotatable bonds is 7. The third-order valence-electron chi connectivity index (χ3n) is 4.47. The maximum Gasteiger partial charge on any atom is 0.318 e. The summed E-state index contributed by atoms with van der Waals surface area (Å²) in [6, 6.07) is 14.2. The van der Waals surface area contributed by atoms with E-state index in [1.54, 1.807) is 30.3 Å². The lowest BCUT2D eigenvalue weighted by molar-refractivity contribution is -0.394. The first kappa shape index (κ1) is 21.2. The van der Waals surface area contributed by atoms with Crippen LogP contribution in [0.25, 0.3) is 0 Å². The average molecular weight is 450 g/mol. The molecule has 0 saturated carbocycles. The molecule has 3 aromatic rings. The smallest absolute Gasteiger partial charge is 0.318 e. The van der Waals surface area contributed by atoms with Crippen molar-refractivity contribution < 1.29 is 28.9 Å². The molecule has 0 radical (unpaired) electrons. The van der Waals surface area contributed by atoms with Crippen LogP contribution in [0.4, 0.5) is 11.4 Å². The largest absolute Gasteiger partial charge is 0.454 e. The molecule has 166 valence electrons. The molecule has 0 spiro atoms. The molecule has 1 amide bonds. The Balaban J connectivity index is 1.39. The summed E-state index contributed by atoms with van der Waals surface area (Å²) in [6.07, 6.45) is 1.41. The lowest BCUT2D eigenvalue weighted by Gasteiger charge is -2.06. The van der Waals surface area contributed by atoms with Crippen LogP contribution in [-0.2, 0) is 0 Å². The number of nitro benzene ring substituents is 2. The summed E-state index contributed by atoms with van der Waals surface area (Å²) in [6.45, 7) is 0.107. The van der Waals surface area contributed by atoms with Gasteiger partial charge < -0.3 is 14.2 Å². The summed E-state index contributed by atoms with van der Waals surface area (Å²) in [5.41, 5.74) is 2.43. The van der Waals surface area contributed by atoms with Crippen molar-refractivity contribution in [3.63, 3.8) is 0 Å². The van der Waals surface area contributed by atoms with E-state index < -0.39 is 27.1 Å². The number of carbonyl (C=O) groups excluding carboxylic acids is 1. The van der Waals surface area contributed by atoms with E-state index in [0.717, 1.165) is 18.2 Å². The predicted molar refractivity (Wildman–Crippen MR) is 114 cm³/mol. The molecule has 0 aromatic heterocycles. The fraction of sp³-hybridized carbons (Fsp3) is 0.0476. The van der Waals surface area contributed by atoms with Crippen molar-refractivity contribution in [2.45, 2.75) is 0 Å². The van der Waals surface area contributed by atoms with Gasteiger partial charge in [0, 0.05) is 11.6 Å². The zero-order chi connectivity index (χ0) is 23.4. The Morgan fingerprint density at radius 2 is 1.73 bits per heavy atom. The molecule has 12 nitrogen and oxygen atoms in total. The summed E-state index contributed by atoms with van der Waals surface area (Å²) in [5.74, 6) is 0.749. The van der Waals surface area contributed by atoms with Crippen LogP contribution in [0, 0.1) is 20.2 Å². The maximum atomic E-state index is 12.2. The van der Waals surface area contributed by atoms with Crippen molar-refractivity contribution >= 4 is 23.5 Å². The number of amides is 1. The first-order valence-electron chi connectivity index (χ1n) is 9.34. The van der Waals surface area contributed by atoms with E-state index in [0.29, 0.717) is 22.6 Å². The van der Waals surface area contributed by atoms with E-state index in [2.05, 4.69) is 10.5 Å². The molecule has 1 aliphatic heterocycles. The maximum absolute atomic E-state index is 12.2. The molecular weight excluding hydrogens is 436 g/mol. The van der Waals surface area contributed by atoms with E-state index >= 15 is 0 Å². The summed E-state index contributed by atoms with van der Waals surface area (Å²) in [7, 11) is 0.